The Morgan fingerprint density at radius 1 is 1.45 bits per heavy atom. The fraction of sp³-hybridized carbons (Fsp3) is 0.267. The zero-order valence-electron chi connectivity index (χ0n) is 11.2. The van der Waals surface area contributed by atoms with Gasteiger partial charge in [0.2, 0.25) is 6.79 Å². The molecule has 0 spiro atoms. The lowest BCUT2D eigenvalue weighted by Crippen LogP contribution is -2.02. The minimum absolute atomic E-state index is 0.231. The first kappa shape index (κ1) is 12.7. The topological polar surface area (TPSA) is 56.5 Å². The number of aliphatic hydroxyl groups excluding tert-OH is 1. The first-order chi connectivity index (χ1) is 9.65. The lowest BCUT2D eigenvalue weighted by molar-refractivity contribution is 0.172. The Hall–Kier alpha value is -2.27. The molecule has 0 fully saturated rings. The van der Waals surface area contributed by atoms with Gasteiger partial charge >= 0.3 is 0 Å². The minimum atomic E-state index is -0.645. The van der Waals surface area contributed by atoms with Crippen LogP contribution in [0.1, 0.15) is 23.9 Å². The number of nitrogens with zero attached hydrogens (tertiary/aromatic N) is 2. The van der Waals surface area contributed by atoms with Crippen molar-refractivity contribution in [3.05, 3.63) is 48.6 Å². The Labute approximate surface area is 117 Å². The highest BCUT2D eigenvalue weighted by Crippen LogP contribution is 2.35. The molecule has 1 aromatic carbocycles. The molecule has 2 aromatic rings. The Morgan fingerprint density at radius 2 is 2.25 bits per heavy atom. The molecule has 0 radical (unpaired) electrons. The number of ether oxygens (including phenoxy) is 2. The maximum Gasteiger partial charge on any atom is 0.231 e. The van der Waals surface area contributed by atoms with E-state index in [1.807, 2.05) is 29.9 Å². The smallest absolute Gasteiger partial charge is 0.231 e. The molecule has 1 unspecified atom stereocenters. The first-order valence-electron chi connectivity index (χ1n) is 6.38. The van der Waals surface area contributed by atoms with Gasteiger partial charge in [0.25, 0.3) is 0 Å². The summed E-state index contributed by atoms with van der Waals surface area (Å²) in [6, 6.07) is 5.45. The Balaban J connectivity index is 1.75. The van der Waals surface area contributed by atoms with Gasteiger partial charge in [-0.05, 0) is 23.3 Å². The number of benzene rings is 1. The third-order valence-corrected chi connectivity index (χ3v) is 3.36. The molecule has 0 amide bonds. The van der Waals surface area contributed by atoms with Crippen molar-refractivity contribution in [2.75, 3.05) is 6.79 Å². The van der Waals surface area contributed by atoms with E-state index < -0.39 is 6.10 Å². The van der Waals surface area contributed by atoms with Gasteiger partial charge in [0.1, 0.15) is 5.82 Å². The number of hydrogen-bond acceptors (Lipinski definition) is 4. The second-order valence-corrected chi connectivity index (χ2v) is 4.80. The second kappa shape index (κ2) is 5.02. The van der Waals surface area contributed by atoms with Crippen LogP contribution in [-0.2, 0) is 7.05 Å². The predicted octanol–water partition coefficient (Wildman–Crippen LogP) is 2.29. The number of rotatable bonds is 4. The molecule has 1 atom stereocenters. The lowest BCUT2D eigenvalue weighted by atomic mass is 10.0. The lowest BCUT2D eigenvalue weighted by Gasteiger charge is -2.13. The first-order valence-corrected chi connectivity index (χ1v) is 6.38. The summed E-state index contributed by atoms with van der Waals surface area (Å²) in [7, 11) is 1.90. The van der Waals surface area contributed by atoms with Gasteiger partial charge in [-0.25, -0.2) is 4.98 Å². The van der Waals surface area contributed by atoms with Crippen LogP contribution in [0.15, 0.2) is 37.2 Å². The van der Waals surface area contributed by atoms with Crippen molar-refractivity contribution in [2.45, 2.75) is 12.5 Å². The maximum absolute atomic E-state index is 10.3. The fourth-order valence-electron chi connectivity index (χ4n) is 2.27. The number of aryl methyl sites for hydroxylation is 1. The number of fused-ring (bicyclic) bond motifs is 1. The molecule has 1 N–H and O–H groups in total. The zero-order valence-corrected chi connectivity index (χ0v) is 11.2. The summed E-state index contributed by atoms with van der Waals surface area (Å²) in [4.78, 5) is 4.23. The largest absolute Gasteiger partial charge is 0.454 e. The highest BCUT2D eigenvalue weighted by Gasteiger charge is 2.18. The summed E-state index contributed by atoms with van der Waals surface area (Å²) in [5.41, 5.74) is 1.58. The summed E-state index contributed by atoms with van der Waals surface area (Å²) < 4.78 is 12.5. The van der Waals surface area contributed by atoms with Crippen LogP contribution in [0, 0.1) is 0 Å². The number of aromatic nitrogens is 2. The molecule has 1 aliphatic rings. The van der Waals surface area contributed by atoms with Crippen molar-refractivity contribution in [1.29, 1.82) is 0 Å². The molecule has 3 rings (SSSR count). The summed E-state index contributed by atoms with van der Waals surface area (Å²) in [5.74, 6) is 2.16. The molecule has 2 heterocycles. The van der Waals surface area contributed by atoms with E-state index in [1.54, 1.807) is 12.3 Å². The van der Waals surface area contributed by atoms with E-state index in [0.29, 0.717) is 17.9 Å². The molecule has 0 aliphatic carbocycles. The van der Waals surface area contributed by atoms with Crippen LogP contribution in [0.5, 0.6) is 11.5 Å². The zero-order chi connectivity index (χ0) is 14.1. The standard InChI is InChI=1S/C15H16N2O3/c1-10(15-16-5-6-17(15)2)7-12(18)11-3-4-13-14(8-11)20-9-19-13/h3-6,8,12,18H,1,7,9H2,2H3. The number of aliphatic hydroxyl groups is 1. The maximum atomic E-state index is 10.3. The van der Waals surface area contributed by atoms with Crippen molar-refractivity contribution in [3.8, 4) is 11.5 Å². The van der Waals surface area contributed by atoms with E-state index in [1.165, 1.54) is 0 Å². The molecule has 20 heavy (non-hydrogen) atoms. The molecule has 0 saturated heterocycles. The molecule has 0 saturated carbocycles. The summed E-state index contributed by atoms with van der Waals surface area (Å²) >= 11 is 0. The minimum Gasteiger partial charge on any atom is -0.454 e. The molecule has 1 aliphatic heterocycles. The van der Waals surface area contributed by atoms with Crippen LogP contribution in [-0.4, -0.2) is 21.5 Å². The molecular formula is C15H16N2O3. The van der Waals surface area contributed by atoms with Gasteiger partial charge in [0, 0.05) is 25.9 Å². The van der Waals surface area contributed by atoms with E-state index in [9.17, 15) is 5.11 Å². The van der Waals surface area contributed by atoms with E-state index in [0.717, 1.165) is 17.0 Å². The molecule has 1 aromatic heterocycles. The highest BCUT2D eigenvalue weighted by molar-refractivity contribution is 5.58. The van der Waals surface area contributed by atoms with Crippen LogP contribution in [0.3, 0.4) is 0 Å². The monoisotopic (exact) mass is 272 g/mol. The van der Waals surface area contributed by atoms with Gasteiger partial charge in [-0.1, -0.05) is 12.6 Å². The Bertz CT molecular complexity index is 648. The van der Waals surface area contributed by atoms with Crippen LogP contribution in [0.25, 0.3) is 5.57 Å². The second-order valence-electron chi connectivity index (χ2n) is 4.80. The van der Waals surface area contributed by atoms with Crippen molar-refractivity contribution in [3.63, 3.8) is 0 Å². The summed E-state index contributed by atoms with van der Waals surface area (Å²) in [5, 5.41) is 10.3. The number of imidazole rings is 1. The highest BCUT2D eigenvalue weighted by atomic mass is 16.7. The predicted molar refractivity (Wildman–Crippen MR) is 74.4 cm³/mol. The summed E-state index contributed by atoms with van der Waals surface area (Å²) in [6.45, 7) is 4.23. The van der Waals surface area contributed by atoms with Gasteiger partial charge < -0.3 is 19.1 Å². The Morgan fingerprint density at radius 3 is 3.00 bits per heavy atom. The van der Waals surface area contributed by atoms with Crippen LogP contribution < -0.4 is 9.47 Å². The van der Waals surface area contributed by atoms with E-state index in [4.69, 9.17) is 9.47 Å². The van der Waals surface area contributed by atoms with Crippen molar-refractivity contribution in [1.82, 2.24) is 9.55 Å². The number of hydrogen-bond donors (Lipinski definition) is 1. The van der Waals surface area contributed by atoms with Crippen molar-refractivity contribution in [2.24, 2.45) is 7.05 Å². The van der Waals surface area contributed by atoms with Gasteiger partial charge in [0.15, 0.2) is 11.5 Å². The molecule has 104 valence electrons. The Kier molecular flexibility index (Phi) is 3.20. The van der Waals surface area contributed by atoms with E-state index >= 15 is 0 Å². The average Bonchev–Trinajstić information content (AvgIpc) is 3.05. The third kappa shape index (κ3) is 2.28. The average molecular weight is 272 g/mol. The van der Waals surface area contributed by atoms with Crippen LogP contribution >= 0.6 is 0 Å². The fourth-order valence-corrected chi connectivity index (χ4v) is 2.27. The molecule has 5 heteroatoms. The van der Waals surface area contributed by atoms with Gasteiger partial charge in [-0.2, -0.15) is 0 Å². The SMILES string of the molecule is C=C(CC(O)c1ccc2c(c1)OCO2)c1nccn1C. The third-order valence-electron chi connectivity index (χ3n) is 3.36. The summed E-state index contributed by atoms with van der Waals surface area (Å²) in [6.07, 6.45) is 3.35. The van der Waals surface area contributed by atoms with E-state index in [-0.39, 0.29) is 6.79 Å². The van der Waals surface area contributed by atoms with Gasteiger partial charge in [-0.15, -0.1) is 0 Å². The van der Waals surface area contributed by atoms with Crippen LogP contribution in [0.4, 0.5) is 0 Å². The van der Waals surface area contributed by atoms with Gasteiger partial charge in [-0.3, -0.25) is 0 Å². The van der Waals surface area contributed by atoms with E-state index in [2.05, 4.69) is 11.6 Å². The van der Waals surface area contributed by atoms with Crippen molar-refractivity contribution < 1.29 is 14.6 Å². The van der Waals surface area contributed by atoms with Crippen LogP contribution in [0.2, 0.25) is 0 Å². The van der Waals surface area contributed by atoms with Gasteiger partial charge in [0.05, 0.1) is 6.10 Å². The normalized spacial score (nSPS) is 14.3. The van der Waals surface area contributed by atoms with Crippen molar-refractivity contribution >= 4 is 5.57 Å². The molecule has 0 bridgehead atoms. The quantitative estimate of drug-likeness (QED) is 0.927. The molecule has 5 nitrogen and oxygen atoms in total. The molecular weight excluding hydrogens is 256 g/mol.